The van der Waals surface area contributed by atoms with Crippen LogP contribution < -0.4 is 34.7 Å². The molecule has 1 fully saturated rings. The number of rotatable bonds is 3. The maximum atomic E-state index is 12.1. The standard InChI is InChI=1S/C14H13BrN2O3.Na/c15-9-3-1-8(2-4-9)13-10-5-6-11(10)14(20)17(16-13)7-12(18)19;/h1-4,10-11H,5-7H2,(H,18,19);/q;+1/p-1. The number of amides is 1. The zero-order valence-electron chi connectivity index (χ0n) is 11.6. The van der Waals surface area contributed by atoms with E-state index in [0.29, 0.717) is 0 Å². The fourth-order valence-corrected chi connectivity index (χ4v) is 2.96. The molecular formula is C14H12BrN2NaO3. The zero-order valence-corrected chi connectivity index (χ0v) is 15.2. The molecule has 1 aromatic carbocycles. The molecule has 0 bridgehead atoms. The van der Waals surface area contributed by atoms with E-state index in [1.165, 1.54) is 0 Å². The Balaban J connectivity index is 0.00000161. The average molecular weight is 359 g/mol. The van der Waals surface area contributed by atoms with Crippen molar-refractivity contribution in [1.29, 1.82) is 0 Å². The van der Waals surface area contributed by atoms with Gasteiger partial charge in [0.25, 0.3) is 0 Å². The van der Waals surface area contributed by atoms with E-state index in [0.717, 1.165) is 33.6 Å². The van der Waals surface area contributed by atoms with E-state index in [1.54, 1.807) is 0 Å². The number of hydrogen-bond donors (Lipinski definition) is 0. The van der Waals surface area contributed by atoms with E-state index in [9.17, 15) is 14.7 Å². The van der Waals surface area contributed by atoms with Crippen molar-refractivity contribution >= 4 is 33.5 Å². The topological polar surface area (TPSA) is 72.8 Å². The van der Waals surface area contributed by atoms with Crippen molar-refractivity contribution in [1.82, 2.24) is 5.01 Å². The minimum atomic E-state index is -1.30. The number of nitrogens with zero attached hydrogens (tertiary/aromatic N) is 2. The van der Waals surface area contributed by atoms with Crippen LogP contribution in [0, 0.1) is 11.8 Å². The third-order valence-electron chi connectivity index (χ3n) is 3.84. The zero-order chi connectivity index (χ0) is 14.3. The molecule has 1 amide bonds. The number of aliphatic carboxylic acids is 1. The second-order valence-electron chi connectivity index (χ2n) is 5.05. The molecule has 3 rings (SSSR count). The summed E-state index contributed by atoms with van der Waals surface area (Å²) in [5.74, 6) is -1.52. The van der Waals surface area contributed by atoms with Gasteiger partial charge >= 0.3 is 29.6 Å². The first kappa shape index (κ1) is 16.7. The van der Waals surface area contributed by atoms with Gasteiger partial charge in [0.2, 0.25) is 5.91 Å². The van der Waals surface area contributed by atoms with Gasteiger partial charge < -0.3 is 9.90 Å². The Hall–Kier alpha value is -0.690. The number of hydrazone groups is 1. The fraction of sp³-hybridized carbons (Fsp3) is 0.357. The van der Waals surface area contributed by atoms with Crippen LogP contribution in [0.4, 0.5) is 0 Å². The molecule has 104 valence electrons. The molecule has 2 unspecified atom stereocenters. The van der Waals surface area contributed by atoms with Crippen molar-refractivity contribution in [2.24, 2.45) is 16.9 Å². The maximum Gasteiger partial charge on any atom is 1.00 e. The summed E-state index contributed by atoms with van der Waals surface area (Å²) in [6.45, 7) is -0.484. The Labute approximate surface area is 152 Å². The smallest absolute Gasteiger partial charge is 0.548 e. The van der Waals surface area contributed by atoms with Gasteiger partial charge in [-0.1, -0.05) is 28.1 Å². The molecule has 5 nitrogen and oxygen atoms in total. The molecule has 1 heterocycles. The van der Waals surface area contributed by atoms with Crippen molar-refractivity contribution in [3.05, 3.63) is 34.3 Å². The van der Waals surface area contributed by atoms with Crippen LogP contribution in [0.25, 0.3) is 0 Å². The van der Waals surface area contributed by atoms with Crippen molar-refractivity contribution in [2.75, 3.05) is 6.54 Å². The quantitative estimate of drug-likeness (QED) is 0.574. The Morgan fingerprint density at radius 1 is 1.29 bits per heavy atom. The molecule has 1 aliphatic heterocycles. The number of carbonyl (C=O) groups is 2. The molecule has 2 aliphatic rings. The summed E-state index contributed by atoms with van der Waals surface area (Å²) in [5, 5.41) is 16.0. The van der Waals surface area contributed by atoms with E-state index in [1.807, 2.05) is 24.3 Å². The largest absolute Gasteiger partial charge is 1.00 e. The summed E-state index contributed by atoms with van der Waals surface area (Å²) in [7, 11) is 0. The molecule has 2 atom stereocenters. The summed E-state index contributed by atoms with van der Waals surface area (Å²) >= 11 is 3.37. The second kappa shape index (κ2) is 6.60. The van der Waals surface area contributed by atoms with Crippen LogP contribution in [0.15, 0.2) is 33.8 Å². The Morgan fingerprint density at radius 2 is 1.90 bits per heavy atom. The van der Waals surface area contributed by atoms with Gasteiger partial charge in [0.1, 0.15) is 0 Å². The Morgan fingerprint density at radius 3 is 2.43 bits per heavy atom. The first-order valence-corrected chi connectivity index (χ1v) is 7.21. The van der Waals surface area contributed by atoms with Crippen LogP contribution in [0.3, 0.4) is 0 Å². The number of carboxylic acids is 1. The molecular weight excluding hydrogens is 347 g/mol. The Bertz CT molecular complexity index is 603. The maximum absolute atomic E-state index is 12.1. The number of fused-ring (bicyclic) bond motifs is 1. The number of hydrogen-bond acceptors (Lipinski definition) is 4. The van der Waals surface area contributed by atoms with Gasteiger partial charge in [0, 0.05) is 16.3 Å². The molecule has 7 heteroatoms. The molecule has 1 aliphatic carbocycles. The van der Waals surface area contributed by atoms with E-state index in [2.05, 4.69) is 21.0 Å². The first-order chi connectivity index (χ1) is 9.56. The minimum absolute atomic E-state index is 0. The van der Waals surface area contributed by atoms with Crippen molar-refractivity contribution in [2.45, 2.75) is 12.8 Å². The van der Waals surface area contributed by atoms with Gasteiger partial charge in [-0.3, -0.25) is 4.79 Å². The number of benzene rings is 1. The second-order valence-corrected chi connectivity index (χ2v) is 5.97. The molecule has 1 aromatic rings. The molecule has 1 saturated carbocycles. The first-order valence-electron chi connectivity index (χ1n) is 6.42. The van der Waals surface area contributed by atoms with E-state index < -0.39 is 12.5 Å². The van der Waals surface area contributed by atoms with Crippen molar-refractivity contribution in [3.8, 4) is 0 Å². The van der Waals surface area contributed by atoms with Gasteiger partial charge in [-0.15, -0.1) is 0 Å². The minimum Gasteiger partial charge on any atom is -0.548 e. The SMILES string of the molecule is O=C([O-])CN1N=C(c2ccc(Br)cc2)C2CCC2C1=O.[Na+]. The average Bonchev–Trinajstić information content (AvgIpc) is 2.34. The van der Waals surface area contributed by atoms with Crippen molar-refractivity contribution < 1.29 is 44.3 Å². The van der Waals surface area contributed by atoms with E-state index >= 15 is 0 Å². The number of carbonyl (C=O) groups excluding carboxylic acids is 2. The molecule has 0 N–H and O–H groups in total. The van der Waals surface area contributed by atoms with Crippen LogP contribution in [0.2, 0.25) is 0 Å². The van der Waals surface area contributed by atoms with Crippen LogP contribution >= 0.6 is 15.9 Å². The third kappa shape index (κ3) is 3.23. The van der Waals surface area contributed by atoms with Gasteiger partial charge in [-0.05, 0) is 30.5 Å². The predicted octanol–water partition coefficient (Wildman–Crippen LogP) is -2.22. The Kier molecular flexibility index (Phi) is 5.24. The molecule has 0 radical (unpaired) electrons. The number of halogens is 1. The van der Waals surface area contributed by atoms with Crippen LogP contribution in [-0.2, 0) is 9.59 Å². The summed E-state index contributed by atoms with van der Waals surface area (Å²) in [6, 6.07) is 7.66. The van der Waals surface area contributed by atoms with Crippen LogP contribution in [0.5, 0.6) is 0 Å². The molecule has 0 saturated heterocycles. The van der Waals surface area contributed by atoms with Gasteiger partial charge in [-0.2, -0.15) is 5.10 Å². The summed E-state index contributed by atoms with van der Waals surface area (Å²) in [5.41, 5.74) is 1.73. The normalized spacial score (nSPS) is 23.6. The van der Waals surface area contributed by atoms with Crippen molar-refractivity contribution in [3.63, 3.8) is 0 Å². The molecule has 0 aromatic heterocycles. The van der Waals surface area contributed by atoms with E-state index in [4.69, 9.17) is 0 Å². The molecule has 21 heavy (non-hydrogen) atoms. The predicted molar refractivity (Wildman–Crippen MR) is 73.6 cm³/mol. The number of carboxylic acid groups (broad SMARTS) is 1. The van der Waals surface area contributed by atoms with Gasteiger partial charge in [0.15, 0.2) is 0 Å². The van der Waals surface area contributed by atoms with Gasteiger partial charge in [-0.25, -0.2) is 5.01 Å². The summed E-state index contributed by atoms with van der Waals surface area (Å²) in [6.07, 6.45) is 1.72. The van der Waals surface area contributed by atoms with Crippen LogP contribution in [0.1, 0.15) is 18.4 Å². The van der Waals surface area contributed by atoms with Gasteiger partial charge in [0.05, 0.1) is 18.2 Å². The fourth-order valence-electron chi connectivity index (χ4n) is 2.70. The summed E-state index contributed by atoms with van der Waals surface area (Å²) in [4.78, 5) is 22.8. The van der Waals surface area contributed by atoms with Crippen LogP contribution in [-0.4, -0.2) is 29.1 Å². The molecule has 0 spiro atoms. The third-order valence-corrected chi connectivity index (χ3v) is 4.37. The summed E-state index contributed by atoms with van der Waals surface area (Å²) < 4.78 is 0.963. The monoisotopic (exact) mass is 358 g/mol. The van der Waals surface area contributed by atoms with E-state index in [-0.39, 0.29) is 47.3 Å².